The van der Waals surface area contributed by atoms with Gasteiger partial charge in [0.2, 0.25) is 0 Å². The maximum absolute atomic E-state index is 5.40. The minimum absolute atomic E-state index is 0.446. The third kappa shape index (κ3) is 3.39. The van der Waals surface area contributed by atoms with E-state index in [1.54, 1.807) is 6.26 Å². The molecule has 0 bridgehead atoms. The summed E-state index contributed by atoms with van der Waals surface area (Å²) in [4.78, 5) is 4.33. The Hall–Kier alpha value is -1.27. The molecule has 2 aromatic rings. The van der Waals surface area contributed by atoms with Crippen molar-refractivity contribution in [3.8, 4) is 0 Å². The second kappa shape index (κ2) is 5.79. The number of rotatable bonds is 5. The van der Waals surface area contributed by atoms with Gasteiger partial charge in [-0.15, -0.1) is 0 Å². The fraction of sp³-hybridized carbons (Fsp3) is 0.538. The molecule has 2 rings (SSSR count). The summed E-state index contributed by atoms with van der Waals surface area (Å²) in [6.07, 6.45) is 1.66. The highest BCUT2D eigenvalue weighted by atomic mass is 32.2. The van der Waals surface area contributed by atoms with Crippen LogP contribution in [-0.2, 0) is 13.6 Å². The van der Waals surface area contributed by atoms with Crippen LogP contribution in [0.2, 0.25) is 0 Å². The molecule has 1 N–H and O–H groups in total. The van der Waals surface area contributed by atoms with Crippen molar-refractivity contribution in [1.82, 2.24) is 20.1 Å². The molecule has 5 nitrogen and oxygen atoms in total. The first-order valence-corrected chi connectivity index (χ1v) is 7.15. The molecule has 0 aliphatic rings. The maximum atomic E-state index is 5.40. The number of hydrogen-bond acceptors (Lipinski definition) is 5. The van der Waals surface area contributed by atoms with Crippen LogP contribution in [0.1, 0.15) is 30.8 Å². The molecule has 0 saturated carbocycles. The Morgan fingerprint density at radius 2 is 2.16 bits per heavy atom. The molecule has 104 valence electrons. The molecule has 0 unspecified atom stereocenters. The topological polar surface area (TPSA) is 55.9 Å². The fourth-order valence-corrected chi connectivity index (χ4v) is 2.75. The standard InChI is InChI=1S/C13H20N4OS/c1-8(2)14-6-11-10(4)16-17(5)12(11)19-13-15-9(3)7-18-13/h7-8,14H,6H2,1-5H3. The molecule has 2 aromatic heterocycles. The molecule has 0 aliphatic heterocycles. The molecule has 0 aromatic carbocycles. The minimum Gasteiger partial charge on any atom is -0.439 e. The smallest absolute Gasteiger partial charge is 0.262 e. The molecule has 0 atom stereocenters. The highest BCUT2D eigenvalue weighted by Gasteiger charge is 2.16. The Balaban J connectivity index is 2.23. The summed E-state index contributed by atoms with van der Waals surface area (Å²) in [5.41, 5.74) is 3.14. The molecule has 19 heavy (non-hydrogen) atoms. The third-order valence-electron chi connectivity index (χ3n) is 2.76. The second-order valence-corrected chi connectivity index (χ2v) is 5.83. The molecule has 2 heterocycles. The number of aryl methyl sites for hydroxylation is 3. The summed E-state index contributed by atoms with van der Waals surface area (Å²) in [6.45, 7) is 9.02. The molecule has 6 heteroatoms. The van der Waals surface area contributed by atoms with Crippen molar-refractivity contribution in [2.24, 2.45) is 7.05 Å². The summed E-state index contributed by atoms with van der Waals surface area (Å²) in [5, 5.41) is 9.64. The van der Waals surface area contributed by atoms with Gasteiger partial charge in [-0.2, -0.15) is 5.10 Å². The summed E-state index contributed by atoms with van der Waals surface area (Å²) in [7, 11) is 1.95. The van der Waals surface area contributed by atoms with Gasteiger partial charge in [-0.25, -0.2) is 4.98 Å². The number of nitrogens with zero attached hydrogens (tertiary/aromatic N) is 3. The number of nitrogens with one attached hydrogen (secondary N) is 1. The number of aromatic nitrogens is 3. The normalized spacial score (nSPS) is 11.5. The summed E-state index contributed by atoms with van der Waals surface area (Å²) in [5.74, 6) is 0. The Bertz CT molecular complexity index is 559. The largest absolute Gasteiger partial charge is 0.439 e. The van der Waals surface area contributed by atoms with Crippen molar-refractivity contribution >= 4 is 11.8 Å². The van der Waals surface area contributed by atoms with Crippen LogP contribution in [0.4, 0.5) is 0 Å². The molecule has 0 fully saturated rings. The monoisotopic (exact) mass is 280 g/mol. The molecule has 0 spiro atoms. The van der Waals surface area contributed by atoms with E-state index < -0.39 is 0 Å². The molecule has 0 radical (unpaired) electrons. The van der Waals surface area contributed by atoms with Gasteiger partial charge in [0.25, 0.3) is 5.22 Å². The van der Waals surface area contributed by atoms with Gasteiger partial charge in [0.1, 0.15) is 11.3 Å². The molecule has 0 amide bonds. The highest BCUT2D eigenvalue weighted by molar-refractivity contribution is 7.99. The molecular weight excluding hydrogens is 260 g/mol. The van der Waals surface area contributed by atoms with Crippen LogP contribution >= 0.6 is 11.8 Å². The minimum atomic E-state index is 0.446. The predicted molar refractivity (Wildman–Crippen MR) is 75.3 cm³/mol. The van der Waals surface area contributed by atoms with Crippen LogP contribution in [0.3, 0.4) is 0 Å². The van der Waals surface area contributed by atoms with Gasteiger partial charge in [0.05, 0.1) is 11.4 Å². The van der Waals surface area contributed by atoms with E-state index in [-0.39, 0.29) is 0 Å². The van der Waals surface area contributed by atoms with Gasteiger partial charge in [0.15, 0.2) is 0 Å². The summed E-state index contributed by atoms with van der Waals surface area (Å²) < 4.78 is 7.29. The van der Waals surface area contributed by atoms with E-state index in [2.05, 4.69) is 29.2 Å². The molecule has 0 aliphatic carbocycles. The van der Waals surface area contributed by atoms with Crippen molar-refractivity contribution in [2.75, 3.05) is 0 Å². The fourth-order valence-electron chi connectivity index (χ4n) is 1.78. The van der Waals surface area contributed by atoms with Crippen molar-refractivity contribution in [3.05, 3.63) is 23.2 Å². The Morgan fingerprint density at radius 3 is 2.74 bits per heavy atom. The first-order valence-electron chi connectivity index (χ1n) is 6.33. The van der Waals surface area contributed by atoms with E-state index in [0.29, 0.717) is 11.3 Å². The quantitative estimate of drug-likeness (QED) is 0.912. The van der Waals surface area contributed by atoms with Gasteiger partial charge in [-0.3, -0.25) is 4.68 Å². The lowest BCUT2D eigenvalue weighted by Crippen LogP contribution is -2.22. The van der Waals surface area contributed by atoms with Crippen LogP contribution in [0.5, 0.6) is 0 Å². The average Bonchev–Trinajstić information content (AvgIpc) is 2.83. The number of hydrogen-bond donors (Lipinski definition) is 1. The third-order valence-corrected chi connectivity index (χ3v) is 3.82. The average molecular weight is 280 g/mol. The lowest BCUT2D eigenvalue weighted by atomic mass is 10.2. The second-order valence-electron chi connectivity index (χ2n) is 4.89. The lowest BCUT2D eigenvalue weighted by Gasteiger charge is -2.09. The first-order chi connectivity index (χ1) is 8.97. The lowest BCUT2D eigenvalue weighted by molar-refractivity contribution is 0.453. The molecular formula is C13H20N4OS. The van der Waals surface area contributed by atoms with Gasteiger partial charge < -0.3 is 9.73 Å². The Morgan fingerprint density at radius 1 is 1.42 bits per heavy atom. The summed E-state index contributed by atoms with van der Waals surface area (Å²) >= 11 is 1.52. The van der Waals surface area contributed by atoms with Crippen molar-refractivity contribution in [3.63, 3.8) is 0 Å². The zero-order chi connectivity index (χ0) is 14.0. The van der Waals surface area contributed by atoms with Gasteiger partial charge >= 0.3 is 0 Å². The zero-order valence-corrected chi connectivity index (χ0v) is 12.8. The molecule has 0 saturated heterocycles. The van der Waals surface area contributed by atoms with Crippen LogP contribution in [0.25, 0.3) is 0 Å². The van der Waals surface area contributed by atoms with Crippen molar-refractivity contribution in [2.45, 2.75) is 50.5 Å². The van der Waals surface area contributed by atoms with E-state index in [9.17, 15) is 0 Å². The summed E-state index contributed by atoms with van der Waals surface area (Å²) in [6, 6.07) is 0.446. The maximum Gasteiger partial charge on any atom is 0.262 e. The van der Waals surface area contributed by atoms with Crippen molar-refractivity contribution in [1.29, 1.82) is 0 Å². The zero-order valence-electron chi connectivity index (χ0n) is 12.0. The first kappa shape index (κ1) is 14.1. The van der Waals surface area contributed by atoms with Crippen molar-refractivity contribution < 1.29 is 4.42 Å². The number of oxazole rings is 1. The highest BCUT2D eigenvalue weighted by Crippen LogP contribution is 2.31. The van der Waals surface area contributed by atoms with E-state index in [1.165, 1.54) is 17.3 Å². The van der Waals surface area contributed by atoms with Crippen LogP contribution in [0, 0.1) is 13.8 Å². The van der Waals surface area contributed by atoms with Crippen LogP contribution in [0.15, 0.2) is 20.9 Å². The van der Waals surface area contributed by atoms with E-state index >= 15 is 0 Å². The Labute approximate surface area is 117 Å². The van der Waals surface area contributed by atoms with Crippen LogP contribution < -0.4 is 5.32 Å². The van der Waals surface area contributed by atoms with Gasteiger partial charge in [-0.1, -0.05) is 13.8 Å². The predicted octanol–water partition coefficient (Wildman–Crippen LogP) is 2.67. The van der Waals surface area contributed by atoms with Gasteiger partial charge in [0, 0.05) is 25.2 Å². The Kier molecular flexibility index (Phi) is 4.31. The van der Waals surface area contributed by atoms with Gasteiger partial charge in [-0.05, 0) is 25.6 Å². The van der Waals surface area contributed by atoms with E-state index in [1.807, 2.05) is 25.6 Å². The van der Waals surface area contributed by atoms with E-state index in [0.717, 1.165) is 23.0 Å². The van der Waals surface area contributed by atoms with Crippen LogP contribution in [-0.4, -0.2) is 20.8 Å². The van der Waals surface area contributed by atoms with E-state index in [4.69, 9.17) is 4.42 Å². The SMILES string of the molecule is Cc1coc(Sc2c(CNC(C)C)c(C)nn2C)n1.